The number of carbonyl (C=O) groups is 1. The number of hydrogen-bond acceptors (Lipinski definition) is 5. The molecule has 0 unspecified atom stereocenters. The van der Waals surface area contributed by atoms with E-state index in [-0.39, 0.29) is 17.9 Å². The molecule has 6 nitrogen and oxygen atoms in total. The molecule has 88 valence electrons. The predicted molar refractivity (Wildman–Crippen MR) is 64.7 cm³/mol. The van der Waals surface area contributed by atoms with Crippen molar-refractivity contribution in [3.05, 3.63) is 39.6 Å². The Bertz CT molecular complexity index is 527. The van der Waals surface area contributed by atoms with Gasteiger partial charge in [0, 0.05) is 3.57 Å². The largest absolute Gasteiger partial charge is 0.483 e. The van der Waals surface area contributed by atoms with Crippen molar-refractivity contribution >= 4 is 28.6 Å². The number of benzene rings is 1. The monoisotopic (exact) mass is 346 g/mol. The van der Waals surface area contributed by atoms with Crippen molar-refractivity contribution in [1.29, 1.82) is 0 Å². The number of halogens is 1. The number of aromatic carboxylic acids is 1. The lowest BCUT2D eigenvalue weighted by Crippen LogP contribution is -2.04. The molecule has 0 saturated heterocycles. The van der Waals surface area contributed by atoms with Crippen LogP contribution in [-0.4, -0.2) is 21.2 Å². The summed E-state index contributed by atoms with van der Waals surface area (Å²) in [5.74, 6) is -0.472. The second-order valence-electron chi connectivity index (χ2n) is 3.07. The molecule has 0 saturated carbocycles. The summed E-state index contributed by atoms with van der Waals surface area (Å²) in [7, 11) is 0. The lowest BCUT2D eigenvalue weighted by molar-refractivity contribution is 0.0691. The SMILES string of the molecule is O=C(O)c1cc(I)ccc1OCc1ncno1. The summed E-state index contributed by atoms with van der Waals surface area (Å²) < 4.78 is 10.9. The van der Waals surface area contributed by atoms with Crippen molar-refractivity contribution in [3.8, 4) is 5.75 Å². The number of carboxylic acids is 1. The first-order valence-corrected chi connectivity index (χ1v) is 5.66. The maximum atomic E-state index is 11.0. The van der Waals surface area contributed by atoms with E-state index in [1.54, 1.807) is 12.1 Å². The lowest BCUT2D eigenvalue weighted by Gasteiger charge is -2.07. The zero-order chi connectivity index (χ0) is 12.3. The van der Waals surface area contributed by atoms with Gasteiger partial charge in [-0.15, -0.1) is 0 Å². The van der Waals surface area contributed by atoms with E-state index in [9.17, 15) is 4.79 Å². The van der Waals surface area contributed by atoms with Crippen molar-refractivity contribution in [1.82, 2.24) is 10.1 Å². The minimum Gasteiger partial charge on any atom is -0.483 e. The van der Waals surface area contributed by atoms with E-state index in [2.05, 4.69) is 10.1 Å². The van der Waals surface area contributed by atoms with Crippen LogP contribution in [0.3, 0.4) is 0 Å². The minimum atomic E-state index is -1.04. The van der Waals surface area contributed by atoms with Crippen molar-refractivity contribution in [2.45, 2.75) is 6.61 Å². The highest BCUT2D eigenvalue weighted by Gasteiger charge is 2.12. The average Bonchev–Trinajstić information content (AvgIpc) is 2.80. The molecule has 2 aromatic rings. The third-order valence-electron chi connectivity index (χ3n) is 1.93. The van der Waals surface area contributed by atoms with E-state index in [0.717, 1.165) is 3.57 Å². The summed E-state index contributed by atoms with van der Waals surface area (Å²) in [6, 6.07) is 4.89. The van der Waals surface area contributed by atoms with E-state index >= 15 is 0 Å². The fourth-order valence-corrected chi connectivity index (χ4v) is 1.69. The first-order chi connectivity index (χ1) is 8.16. The Balaban J connectivity index is 2.17. The number of nitrogens with zero attached hydrogens (tertiary/aromatic N) is 2. The summed E-state index contributed by atoms with van der Waals surface area (Å²) in [6.45, 7) is 0.0425. The number of carboxylic acid groups (broad SMARTS) is 1. The number of ether oxygens (including phenoxy) is 1. The van der Waals surface area contributed by atoms with Gasteiger partial charge in [0.1, 0.15) is 11.3 Å². The van der Waals surface area contributed by atoms with Gasteiger partial charge in [-0.05, 0) is 40.8 Å². The van der Waals surface area contributed by atoms with Gasteiger partial charge in [0.25, 0.3) is 5.89 Å². The normalized spacial score (nSPS) is 10.2. The van der Waals surface area contributed by atoms with E-state index in [4.69, 9.17) is 14.4 Å². The second-order valence-corrected chi connectivity index (χ2v) is 4.31. The molecule has 0 amide bonds. The van der Waals surface area contributed by atoms with Crippen LogP contribution in [0.4, 0.5) is 0 Å². The molecule has 0 aliphatic carbocycles. The van der Waals surface area contributed by atoms with E-state index < -0.39 is 5.97 Å². The van der Waals surface area contributed by atoms with Gasteiger partial charge in [-0.25, -0.2) is 4.79 Å². The third-order valence-corrected chi connectivity index (χ3v) is 2.60. The van der Waals surface area contributed by atoms with Crippen molar-refractivity contribution in [2.75, 3.05) is 0 Å². The summed E-state index contributed by atoms with van der Waals surface area (Å²) >= 11 is 2.03. The van der Waals surface area contributed by atoms with Crippen LogP contribution < -0.4 is 4.74 Å². The van der Waals surface area contributed by atoms with Crippen molar-refractivity contribution < 1.29 is 19.2 Å². The maximum Gasteiger partial charge on any atom is 0.339 e. The molecule has 1 aromatic carbocycles. The van der Waals surface area contributed by atoms with Crippen LogP contribution in [0.15, 0.2) is 29.0 Å². The highest BCUT2D eigenvalue weighted by Crippen LogP contribution is 2.22. The number of aromatic nitrogens is 2. The molecule has 0 aliphatic heterocycles. The number of rotatable bonds is 4. The topological polar surface area (TPSA) is 85.5 Å². The van der Waals surface area contributed by atoms with Gasteiger partial charge in [-0.2, -0.15) is 4.98 Å². The summed E-state index contributed by atoms with van der Waals surface area (Å²) in [5.41, 5.74) is 0.108. The zero-order valence-corrected chi connectivity index (χ0v) is 10.6. The van der Waals surface area contributed by atoms with Crippen LogP contribution in [0.25, 0.3) is 0 Å². The molecule has 2 rings (SSSR count). The predicted octanol–water partition coefficient (Wildman–Crippen LogP) is 1.95. The molecule has 0 spiro atoms. The molecular formula is C10H7IN2O4. The zero-order valence-electron chi connectivity index (χ0n) is 8.46. The van der Waals surface area contributed by atoms with Gasteiger partial charge in [-0.3, -0.25) is 0 Å². The maximum absolute atomic E-state index is 11.0. The summed E-state index contributed by atoms with van der Waals surface area (Å²) in [5, 5.41) is 12.4. The second kappa shape index (κ2) is 5.13. The van der Waals surface area contributed by atoms with E-state index in [1.165, 1.54) is 12.4 Å². The first-order valence-electron chi connectivity index (χ1n) is 4.58. The van der Waals surface area contributed by atoms with Gasteiger partial charge in [0.05, 0.1) is 0 Å². The quantitative estimate of drug-likeness (QED) is 0.852. The molecule has 0 bridgehead atoms. The summed E-state index contributed by atoms with van der Waals surface area (Å²) in [6.07, 6.45) is 1.25. The minimum absolute atomic E-state index is 0.0425. The first kappa shape index (κ1) is 11.8. The molecular weight excluding hydrogens is 339 g/mol. The van der Waals surface area contributed by atoms with Crippen LogP contribution in [0, 0.1) is 3.57 Å². The van der Waals surface area contributed by atoms with Crippen LogP contribution in [0.2, 0.25) is 0 Å². The highest BCUT2D eigenvalue weighted by atomic mass is 127. The highest BCUT2D eigenvalue weighted by molar-refractivity contribution is 14.1. The Hall–Kier alpha value is -1.64. The molecule has 7 heteroatoms. The smallest absolute Gasteiger partial charge is 0.339 e. The van der Waals surface area contributed by atoms with Crippen LogP contribution in [0.5, 0.6) is 5.75 Å². The van der Waals surface area contributed by atoms with Crippen molar-refractivity contribution in [2.24, 2.45) is 0 Å². The standard InChI is InChI=1S/C10H7IN2O4/c11-6-1-2-8(7(3-6)10(14)15)16-4-9-12-5-13-17-9/h1-3,5H,4H2,(H,14,15). The van der Waals surface area contributed by atoms with Gasteiger partial charge in [-0.1, -0.05) is 5.16 Å². The Morgan fingerprint density at radius 2 is 2.35 bits per heavy atom. The number of hydrogen-bond donors (Lipinski definition) is 1. The summed E-state index contributed by atoms with van der Waals surface area (Å²) in [4.78, 5) is 14.8. The molecule has 1 aromatic heterocycles. The van der Waals surface area contributed by atoms with Crippen LogP contribution in [-0.2, 0) is 6.61 Å². The molecule has 17 heavy (non-hydrogen) atoms. The van der Waals surface area contributed by atoms with E-state index in [0.29, 0.717) is 5.89 Å². The van der Waals surface area contributed by atoms with Crippen LogP contribution >= 0.6 is 22.6 Å². The van der Waals surface area contributed by atoms with E-state index in [1.807, 2.05) is 22.6 Å². The molecule has 0 atom stereocenters. The molecule has 0 aliphatic rings. The van der Waals surface area contributed by atoms with Gasteiger partial charge >= 0.3 is 5.97 Å². The third kappa shape index (κ3) is 2.93. The van der Waals surface area contributed by atoms with Gasteiger partial charge in [0.15, 0.2) is 12.9 Å². The van der Waals surface area contributed by atoms with Gasteiger partial charge < -0.3 is 14.4 Å². The Morgan fingerprint density at radius 3 is 3.00 bits per heavy atom. The molecule has 1 N–H and O–H groups in total. The average molecular weight is 346 g/mol. The Kier molecular flexibility index (Phi) is 3.57. The Labute approximate surface area is 110 Å². The van der Waals surface area contributed by atoms with Crippen LogP contribution in [0.1, 0.15) is 16.2 Å². The Morgan fingerprint density at radius 1 is 1.53 bits per heavy atom. The van der Waals surface area contributed by atoms with Crippen molar-refractivity contribution in [3.63, 3.8) is 0 Å². The fourth-order valence-electron chi connectivity index (χ4n) is 1.19. The van der Waals surface area contributed by atoms with Gasteiger partial charge in [0.2, 0.25) is 0 Å². The molecule has 1 heterocycles. The molecule has 0 radical (unpaired) electrons. The fraction of sp³-hybridized carbons (Fsp3) is 0.100. The lowest BCUT2D eigenvalue weighted by atomic mass is 10.2. The molecule has 0 fully saturated rings.